The van der Waals surface area contributed by atoms with E-state index >= 15 is 0 Å². The van der Waals surface area contributed by atoms with Gasteiger partial charge in [-0.1, -0.05) is 20.8 Å². The number of likely N-dealkylation sites (N-methyl/N-ethyl adjacent to an activating group) is 1. The van der Waals surface area contributed by atoms with Crippen molar-refractivity contribution in [3.8, 4) is 0 Å². The Kier molecular flexibility index (Phi) is 5.59. The maximum atomic E-state index is 12.1. The molecule has 0 aliphatic carbocycles. The summed E-state index contributed by atoms with van der Waals surface area (Å²) in [5.74, 6) is 0.862. The number of hydrogen-bond acceptors (Lipinski definition) is 5. The van der Waals surface area contributed by atoms with Gasteiger partial charge in [0, 0.05) is 38.9 Å². The highest BCUT2D eigenvalue weighted by Gasteiger charge is 2.27. The Balaban J connectivity index is 1.94. The minimum absolute atomic E-state index is 0.115. The third kappa shape index (κ3) is 4.91. The van der Waals surface area contributed by atoms with E-state index in [4.69, 9.17) is 5.73 Å². The summed E-state index contributed by atoms with van der Waals surface area (Å²) in [7, 11) is 2.13. The fourth-order valence-electron chi connectivity index (χ4n) is 2.47. The van der Waals surface area contributed by atoms with Crippen LogP contribution in [0.4, 0.5) is 5.82 Å². The minimum Gasteiger partial charge on any atom is -0.354 e. The number of piperazine rings is 1. The van der Waals surface area contributed by atoms with Crippen molar-refractivity contribution >= 4 is 11.7 Å². The lowest BCUT2D eigenvalue weighted by atomic mass is 9.87. The molecule has 0 radical (unpaired) electrons. The molecule has 6 heteroatoms. The molecule has 128 valence electrons. The molecule has 3 N–H and O–H groups in total. The van der Waals surface area contributed by atoms with Crippen molar-refractivity contribution in [3.05, 3.63) is 23.9 Å². The van der Waals surface area contributed by atoms with Crippen LogP contribution in [0.3, 0.4) is 0 Å². The van der Waals surface area contributed by atoms with Crippen LogP contribution >= 0.6 is 0 Å². The van der Waals surface area contributed by atoms with Crippen LogP contribution in [-0.4, -0.2) is 55.1 Å². The van der Waals surface area contributed by atoms with Crippen LogP contribution in [0.2, 0.25) is 0 Å². The molecular formula is C17H29N5O. The molecule has 0 aromatic carbocycles. The molecule has 0 unspecified atom stereocenters. The van der Waals surface area contributed by atoms with Gasteiger partial charge in [-0.25, -0.2) is 4.98 Å². The van der Waals surface area contributed by atoms with E-state index in [1.807, 2.05) is 32.9 Å². The minimum atomic E-state index is -0.513. The predicted molar refractivity (Wildman–Crippen MR) is 93.2 cm³/mol. The molecule has 0 spiro atoms. The first-order chi connectivity index (χ1) is 10.8. The quantitative estimate of drug-likeness (QED) is 0.859. The van der Waals surface area contributed by atoms with Crippen LogP contribution in [0, 0.1) is 5.41 Å². The first-order valence-corrected chi connectivity index (χ1v) is 8.19. The summed E-state index contributed by atoms with van der Waals surface area (Å²) in [5, 5.41) is 2.92. The number of rotatable bonds is 4. The Bertz CT molecular complexity index is 532. The number of amides is 1. The van der Waals surface area contributed by atoms with E-state index in [1.54, 1.807) is 6.20 Å². The van der Waals surface area contributed by atoms with Gasteiger partial charge in [0.15, 0.2) is 0 Å². The lowest BCUT2D eigenvalue weighted by Gasteiger charge is -2.33. The van der Waals surface area contributed by atoms with E-state index in [0.29, 0.717) is 6.54 Å². The molecule has 2 heterocycles. The molecular weight excluding hydrogens is 290 g/mol. The summed E-state index contributed by atoms with van der Waals surface area (Å²) in [4.78, 5) is 21.2. The van der Waals surface area contributed by atoms with Crippen molar-refractivity contribution in [1.82, 2.24) is 15.2 Å². The van der Waals surface area contributed by atoms with Gasteiger partial charge in [-0.05, 0) is 30.2 Å². The number of nitrogens with one attached hydrogen (secondary N) is 1. The molecule has 1 aromatic heterocycles. The highest BCUT2D eigenvalue weighted by molar-refractivity contribution is 5.82. The molecule has 1 fully saturated rings. The van der Waals surface area contributed by atoms with E-state index in [1.165, 1.54) is 0 Å². The number of anilines is 1. The molecule has 1 aliphatic heterocycles. The van der Waals surface area contributed by atoms with Gasteiger partial charge in [-0.2, -0.15) is 0 Å². The number of carbonyl (C=O) groups excluding carboxylic acids is 1. The van der Waals surface area contributed by atoms with Crippen LogP contribution in [0.15, 0.2) is 18.3 Å². The first-order valence-electron chi connectivity index (χ1n) is 8.19. The molecule has 6 nitrogen and oxygen atoms in total. The third-order valence-electron chi connectivity index (χ3n) is 4.32. The summed E-state index contributed by atoms with van der Waals surface area (Å²) >= 11 is 0. The van der Waals surface area contributed by atoms with Crippen molar-refractivity contribution < 1.29 is 4.79 Å². The molecule has 23 heavy (non-hydrogen) atoms. The average Bonchev–Trinajstić information content (AvgIpc) is 2.52. The second-order valence-electron chi connectivity index (χ2n) is 7.37. The van der Waals surface area contributed by atoms with E-state index in [0.717, 1.165) is 37.6 Å². The normalized spacial score (nSPS) is 17.9. The summed E-state index contributed by atoms with van der Waals surface area (Å²) < 4.78 is 0. The molecule has 1 aliphatic rings. The maximum Gasteiger partial charge on any atom is 0.237 e. The van der Waals surface area contributed by atoms with E-state index in [9.17, 15) is 4.79 Å². The van der Waals surface area contributed by atoms with Gasteiger partial charge < -0.3 is 20.9 Å². The summed E-state index contributed by atoms with van der Waals surface area (Å²) in [6.07, 6.45) is 1.80. The van der Waals surface area contributed by atoms with Gasteiger partial charge in [-0.3, -0.25) is 4.79 Å². The summed E-state index contributed by atoms with van der Waals surface area (Å²) in [5.41, 5.74) is 6.78. The Morgan fingerprint density at radius 3 is 2.61 bits per heavy atom. The third-order valence-corrected chi connectivity index (χ3v) is 4.32. The van der Waals surface area contributed by atoms with Crippen molar-refractivity contribution in [2.75, 3.05) is 38.1 Å². The topological polar surface area (TPSA) is 74.5 Å². The van der Waals surface area contributed by atoms with Gasteiger partial charge in [0.25, 0.3) is 0 Å². The van der Waals surface area contributed by atoms with Crippen molar-refractivity contribution in [3.63, 3.8) is 0 Å². The van der Waals surface area contributed by atoms with Crippen molar-refractivity contribution in [2.24, 2.45) is 11.1 Å². The Morgan fingerprint density at radius 1 is 1.35 bits per heavy atom. The largest absolute Gasteiger partial charge is 0.354 e. The number of pyridine rings is 1. The molecule has 1 saturated heterocycles. The molecule has 0 saturated carbocycles. The fraction of sp³-hybridized carbons (Fsp3) is 0.647. The second kappa shape index (κ2) is 7.27. The average molecular weight is 319 g/mol. The SMILES string of the molecule is CN1CCN(c2cc(CNC(=O)[C@@H](N)C(C)(C)C)ccn2)CC1. The lowest BCUT2D eigenvalue weighted by Crippen LogP contribution is -2.48. The fourth-order valence-corrected chi connectivity index (χ4v) is 2.47. The Morgan fingerprint density at radius 2 is 2.00 bits per heavy atom. The number of aromatic nitrogens is 1. The Hall–Kier alpha value is -1.66. The molecule has 0 bridgehead atoms. The summed E-state index contributed by atoms with van der Waals surface area (Å²) in [6.45, 7) is 10.4. The van der Waals surface area contributed by atoms with Crippen LogP contribution in [0.25, 0.3) is 0 Å². The van der Waals surface area contributed by atoms with Gasteiger partial charge in [0.1, 0.15) is 5.82 Å². The second-order valence-corrected chi connectivity index (χ2v) is 7.37. The highest BCUT2D eigenvalue weighted by atomic mass is 16.2. The number of hydrogen-bond donors (Lipinski definition) is 2. The standard InChI is InChI=1S/C17H29N5O/c1-17(2,3)15(18)16(23)20-12-13-5-6-19-14(11-13)22-9-7-21(4)8-10-22/h5-6,11,15H,7-10,12,18H2,1-4H3,(H,20,23)/t15-/m1/s1. The van der Waals surface area contributed by atoms with Gasteiger partial charge in [0.2, 0.25) is 5.91 Å². The number of nitrogens with zero attached hydrogens (tertiary/aromatic N) is 3. The highest BCUT2D eigenvalue weighted by Crippen LogP contribution is 2.18. The van der Waals surface area contributed by atoms with Gasteiger partial charge in [0.05, 0.1) is 6.04 Å². The first kappa shape index (κ1) is 17.7. The zero-order chi connectivity index (χ0) is 17.0. The molecule has 1 aromatic rings. The summed E-state index contributed by atoms with van der Waals surface area (Å²) in [6, 6.07) is 3.47. The van der Waals surface area contributed by atoms with Gasteiger partial charge in [-0.15, -0.1) is 0 Å². The van der Waals surface area contributed by atoms with Crippen LogP contribution in [-0.2, 0) is 11.3 Å². The zero-order valence-corrected chi connectivity index (χ0v) is 14.7. The molecule has 1 atom stereocenters. The van der Waals surface area contributed by atoms with Crippen LogP contribution in [0.1, 0.15) is 26.3 Å². The van der Waals surface area contributed by atoms with Crippen LogP contribution < -0.4 is 16.0 Å². The molecule has 2 rings (SSSR count). The maximum absolute atomic E-state index is 12.1. The Labute approximate surface area is 139 Å². The van der Waals surface area contributed by atoms with Crippen LogP contribution in [0.5, 0.6) is 0 Å². The van der Waals surface area contributed by atoms with E-state index in [-0.39, 0.29) is 11.3 Å². The van der Waals surface area contributed by atoms with Gasteiger partial charge >= 0.3 is 0 Å². The number of nitrogens with two attached hydrogens (primary N) is 1. The van der Waals surface area contributed by atoms with Crippen molar-refractivity contribution in [1.29, 1.82) is 0 Å². The van der Waals surface area contributed by atoms with Crippen molar-refractivity contribution in [2.45, 2.75) is 33.4 Å². The number of carbonyl (C=O) groups is 1. The smallest absolute Gasteiger partial charge is 0.237 e. The van der Waals surface area contributed by atoms with E-state index in [2.05, 4.69) is 27.1 Å². The predicted octanol–water partition coefficient (Wildman–Crippen LogP) is 0.823. The van der Waals surface area contributed by atoms with E-state index < -0.39 is 6.04 Å². The monoisotopic (exact) mass is 319 g/mol. The zero-order valence-electron chi connectivity index (χ0n) is 14.7. The molecule has 1 amide bonds. The lowest BCUT2D eigenvalue weighted by molar-refractivity contribution is -0.124.